The van der Waals surface area contributed by atoms with Crippen LogP contribution in [-0.4, -0.2) is 28.8 Å². The van der Waals surface area contributed by atoms with Crippen molar-refractivity contribution < 1.29 is 19.1 Å². The van der Waals surface area contributed by atoms with Gasteiger partial charge in [0.05, 0.1) is 23.4 Å². The molecule has 0 bridgehead atoms. The number of thioether (sulfide) groups is 1. The highest BCUT2D eigenvalue weighted by molar-refractivity contribution is 8.01. The molecule has 6 heteroatoms. The summed E-state index contributed by atoms with van der Waals surface area (Å²) in [7, 11) is 0. The number of hydrogen-bond acceptors (Lipinski definition) is 6. The lowest BCUT2D eigenvalue weighted by Gasteiger charge is -2.15. The van der Waals surface area contributed by atoms with Gasteiger partial charge in [-0.05, 0) is 43.5 Å². The molecule has 148 valence electrons. The van der Waals surface area contributed by atoms with Gasteiger partial charge in [0.15, 0.2) is 0 Å². The van der Waals surface area contributed by atoms with Gasteiger partial charge in [-0.15, -0.1) is 11.8 Å². The maximum Gasteiger partial charge on any atom is 0.340 e. The van der Waals surface area contributed by atoms with Gasteiger partial charge in [0.1, 0.15) is 11.9 Å². The third kappa shape index (κ3) is 3.85. The predicted octanol–water partition coefficient (Wildman–Crippen LogP) is 4.48. The molecule has 1 aliphatic heterocycles. The maximum absolute atomic E-state index is 12.7. The molecule has 0 saturated heterocycles. The molecule has 1 aromatic heterocycles. The lowest BCUT2D eigenvalue weighted by molar-refractivity contribution is -0.144. The van der Waals surface area contributed by atoms with Gasteiger partial charge < -0.3 is 9.47 Å². The van der Waals surface area contributed by atoms with Crippen molar-refractivity contribution >= 4 is 34.6 Å². The molecule has 0 spiro atoms. The molecule has 0 saturated carbocycles. The number of nitrogens with zero attached hydrogens (tertiary/aromatic N) is 1. The summed E-state index contributed by atoms with van der Waals surface area (Å²) >= 11 is 1.52. The molecule has 0 radical (unpaired) electrons. The number of benzene rings is 2. The summed E-state index contributed by atoms with van der Waals surface area (Å²) in [6.07, 6.45) is 0.647. The van der Waals surface area contributed by atoms with Crippen LogP contribution in [0.15, 0.2) is 53.4 Å². The molecule has 0 fully saturated rings. The fourth-order valence-electron chi connectivity index (χ4n) is 3.57. The smallest absolute Gasteiger partial charge is 0.340 e. The third-order valence-electron chi connectivity index (χ3n) is 4.97. The Balaban J connectivity index is 1.58. The normalized spacial score (nSPS) is 15.2. The first kappa shape index (κ1) is 19.5. The highest BCUT2D eigenvalue weighted by Gasteiger charge is 2.30. The van der Waals surface area contributed by atoms with Crippen molar-refractivity contribution in [3.05, 3.63) is 70.9 Å². The largest absolute Gasteiger partial charge is 0.462 e. The molecule has 1 unspecified atom stereocenters. The second-order valence-electron chi connectivity index (χ2n) is 6.82. The average Bonchev–Trinajstić information content (AvgIpc) is 3.16. The third-order valence-corrected chi connectivity index (χ3v) is 6.26. The van der Waals surface area contributed by atoms with Crippen LogP contribution in [0.5, 0.6) is 0 Å². The summed E-state index contributed by atoms with van der Waals surface area (Å²) in [6.45, 7) is 3.83. The van der Waals surface area contributed by atoms with Crippen molar-refractivity contribution in [1.29, 1.82) is 0 Å². The number of aryl methyl sites for hydroxylation is 1. The van der Waals surface area contributed by atoms with E-state index in [0.717, 1.165) is 26.9 Å². The van der Waals surface area contributed by atoms with E-state index in [4.69, 9.17) is 9.47 Å². The first-order valence-electron chi connectivity index (χ1n) is 9.55. The first-order valence-corrected chi connectivity index (χ1v) is 10.4. The van der Waals surface area contributed by atoms with Gasteiger partial charge in [-0.1, -0.05) is 36.4 Å². The number of aromatic nitrogens is 1. The fourth-order valence-corrected chi connectivity index (χ4v) is 4.76. The number of rotatable bonds is 5. The van der Waals surface area contributed by atoms with Gasteiger partial charge in [0.25, 0.3) is 0 Å². The quantitative estimate of drug-likeness (QED) is 0.581. The number of carbonyl (C=O) groups excluding carboxylic acids is 2. The van der Waals surface area contributed by atoms with Crippen molar-refractivity contribution in [2.75, 3.05) is 6.61 Å². The highest BCUT2D eigenvalue weighted by Crippen LogP contribution is 2.37. The Morgan fingerprint density at radius 2 is 1.86 bits per heavy atom. The Morgan fingerprint density at radius 3 is 2.66 bits per heavy atom. The maximum atomic E-state index is 12.7. The van der Waals surface area contributed by atoms with Crippen LogP contribution in [-0.2, 0) is 27.3 Å². The molecule has 1 atom stereocenters. The number of para-hydroxylation sites is 1. The number of fused-ring (bicyclic) bond motifs is 2. The highest BCUT2D eigenvalue weighted by atomic mass is 32.2. The van der Waals surface area contributed by atoms with Crippen LogP contribution in [0.3, 0.4) is 0 Å². The zero-order chi connectivity index (χ0) is 20.4. The van der Waals surface area contributed by atoms with Gasteiger partial charge >= 0.3 is 11.9 Å². The molecule has 1 aliphatic rings. The molecule has 4 rings (SSSR count). The van der Waals surface area contributed by atoms with Crippen LogP contribution in [0.25, 0.3) is 10.9 Å². The molecular formula is C23H21NO4S. The minimum absolute atomic E-state index is 0.0634. The van der Waals surface area contributed by atoms with Crippen molar-refractivity contribution in [2.45, 2.75) is 37.0 Å². The number of ether oxygens (including phenoxy) is 2. The minimum Gasteiger partial charge on any atom is -0.462 e. The topological polar surface area (TPSA) is 65.5 Å². The molecule has 3 aromatic rings. The second kappa shape index (κ2) is 8.25. The number of esters is 2. The van der Waals surface area contributed by atoms with E-state index in [1.54, 1.807) is 6.92 Å². The van der Waals surface area contributed by atoms with Crippen LogP contribution in [0.1, 0.15) is 34.1 Å². The summed E-state index contributed by atoms with van der Waals surface area (Å²) in [5.41, 5.74) is 3.50. The van der Waals surface area contributed by atoms with Crippen molar-refractivity contribution in [3.63, 3.8) is 0 Å². The van der Waals surface area contributed by atoms with E-state index < -0.39 is 5.97 Å². The van der Waals surface area contributed by atoms with E-state index in [1.807, 2.05) is 55.5 Å². The van der Waals surface area contributed by atoms with E-state index >= 15 is 0 Å². The number of pyridine rings is 1. The summed E-state index contributed by atoms with van der Waals surface area (Å²) in [5.74, 6) is -0.745. The summed E-state index contributed by atoms with van der Waals surface area (Å²) in [4.78, 5) is 30.9. The lowest BCUT2D eigenvalue weighted by atomic mass is 10.0. The van der Waals surface area contributed by atoms with E-state index in [9.17, 15) is 9.59 Å². The van der Waals surface area contributed by atoms with Crippen molar-refractivity contribution in [1.82, 2.24) is 4.98 Å². The summed E-state index contributed by atoms with van der Waals surface area (Å²) < 4.78 is 10.8. The molecule has 29 heavy (non-hydrogen) atoms. The van der Waals surface area contributed by atoms with Crippen LogP contribution in [0, 0.1) is 6.92 Å². The van der Waals surface area contributed by atoms with Crippen molar-refractivity contribution in [3.8, 4) is 0 Å². The van der Waals surface area contributed by atoms with Gasteiger partial charge in [-0.3, -0.25) is 4.79 Å². The number of hydrogen-bond donors (Lipinski definition) is 0. The Kier molecular flexibility index (Phi) is 5.53. The number of carbonyl (C=O) groups is 2. The lowest BCUT2D eigenvalue weighted by Crippen LogP contribution is -2.21. The van der Waals surface area contributed by atoms with E-state index in [1.165, 1.54) is 11.8 Å². The zero-order valence-corrected chi connectivity index (χ0v) is 17.1. The average molecular weight is 407 g/mol. The Labute approximate surface area is 173 Å². The minimum atomic E-state index is -0.447. The standard InChI is InChI=1S/C23H21NO4S/c1-3-27-23(26)21-14(2)16-9-5-6-10-17(16)24-18(21)13-28-22(25)20-12-15-8-4-7-11-19(15)29-20/h4-11,20H,3,12-13H2,1-2H3. The monoisotopic (exact) mass is 407 g/mol. The summed E-state index contributed by atoms with van der Waals surface area (Å²) in [6, 6.07) is 15.6. The molecular weight excluding hydrogens is 386 g/mol. The van der Waals surface area contributed by atoms with Crippen LogP contribution >= 0.6 is 11.8 Å². The van der Waals surface area contributed by atoms with Gasteiger partial charge in [-0.25, -0.2) is 9.78 Å². The van der Waals surface area contributed by atoms with E-state index in [-0.39, 0.29) is 24.4 Å². The Morgan fingerprint density at radius 1 is 1.10 bits per heavy atom. The molecule has 2 heterocycles. The van der Waals surface area contributed by atoms with E-state index in [2.05, 4.69) is 4.98 Å². The molecule has 0 amide bonds. The SMILES string of the molecule is CCOC(=O)c1c(COC(=O)C2Cc3ccccc3S2)nc2ccccc2c1C. The van der Waals surface area contributed by atoms with Gasteiger partial charge in [-0.2, -0.15) is 0 Å². The van der Waals surface area contributed by atoms with Crippen molar-refractivity contribution in [2.24, 2.45) is 0 Å². The molecule has 2 aromatic carbocycles. The van der Waals surface area contributed by atoms with Crippen LogP contribution in [0.4, 0.5) is 0 Å². The predicted molar refractivity (Wildman–Crippen MR) is 112 cm³/mol. The fraction of sp³-hybridized carbons (Fsp3) is 0.261. The molecule has 0 aliphatic carbocycles. The Hall–Kier alpha value is -2.86. The second-order valence-corrected chi connectivity index (χ2v) is 8.07. The molecule has 5 nitrogen and oxygen atoms in total. The summed E-state index contributed by atoms with van der Waals surface area (Å²) in [5, 5.41) is 0.604. The Bertz CT molecular complexity index is 1070. The molecule has 0 N–H and O–H groups in total. The van der Waals surface area contributed by atoms with Crippen LogP contribution < -0.4 is 0 Å². The van der Waals surface area contributed by atoms with E-state index in [0.29, 0.717) is 17.7 Å². The zero-order valence-electron chi connectivity index (χ0n) is 16.3. The van der Waals surface area contributed by atoms with Crippen LogP contribution in [0.2, 0.25) is 0 Å². The van der Waals surface area contributed by atoms with Gasteiger partial charge in [0.2, 0.25) is 0 Å². The van der Waals surface area contributed by atoms with Gasteiger partial charge in [0, 0.05) is 10.3 Å². The first-order chi connectivity index (χ1) is 14.1.